The molecule has 0 unspecified atom stereocenters. The maximum Gasteiger partial charge on any atom is 0.215 e. The van der Waals surface area contributed by atoms with Gasteiger partial charge in [0, 0.05) is 32.7 Å². The fourth-order valence-electron chi connectivity index (χ4n) is 1.00. The number of hydrogen-bond acceptors (Lipinski definition) is 2. The Morgan fingerprint density at radius 2 is 2.23 bits per heavy atom. The molecule has 0 aliphatic carbocycles. The zero-order valence-corrected chi connectivity index (χ0v) is 11.0. The predicted molar refractivity (Wildman–Crippen MR) is 48.9 cm³/mol. The van der Waals surface area contributed by atoms with Crippen LogP contribution in [0.25, 0.3) is 10.8 Å². The molecule has 1 aromatic carbocycles. The minimum atomic E-state index is -0.190. The second-order valence-corrected chi connectivity index (χ2v) is 3.27. The largest absolute Gasteiger partial charge is 0.283 e. The first-order chi connectivity index (χ1) is 5.77. The second kappa shape index (κ2) is 4.44. The number of benzene rings is 1. The average Bonchev–Trinajstić information content (AvgIpc) is 2.07. The maximum absolute atomic E-state index is 11.2. The molecule has 0 amide bonds. The van der Waals surface area contributed by atoms with E-state index in [0.29, 0.717) is 5.39 Å². The monoisotopic (exact) mass is 312 g/mol. The summed E-state index contributed by atoms with van der Waals surface area (Å²) in [5, 5.41) is 7.20. The molecular weight excluding hydrogens is 309 g/mol. The fraction of sp³-hybridized carbons (Fsp3) is 0. The van der Waals surface area contributed by atoms with Crippen molar-refractivity contribution >= 4 is 26.7 Å². The zero-order valence-electron chi connectivity index (χ0n) is 6.54. The molecule has 2 aromatic rings. The summed E-state index contributed by atoms with van der Waals surface area (Å²) in [7, 11) is 0. The van der Waals surface area contributed by atoms with Gasteiger partial charge in [-0.2, -0.15) is 11.5 Å². The Labute approximate surface area is 108 Å². The quantitative estimate of drug-likeness (QED) is 0.749. The van der Waals surface area contributed by atoms with Crippen molar-refractivity contribution in [3.05, 3.63) is 39.2 Å². The van der Waals surface area contributed by atoms with Crippen LogP contribution in [0.2, 0.25) is 0 Å². The Kier molecular flexibility index (Phi) is 3.77. The standard InChI is InChI=1S/C8H4BrN2O.Y/c9-6-2-1-5-4-10-11-8(12)7(5)3-6;/h1-3H,(H,11,12);/q-1;. The van der Waals surface area contributed by atoms with E-state index < -0.39 is 0 Å². The van der Waals surface area contributed by atoms with Gasteiger partial charge in [0.05, 0.1) is 0 Å². The van der Waals surface area contributed by atoms with Crippen LogP contribution in [0.3, 0.4) is 0 Å². The number of rotatable bonds is 0. The Bertz CT molecular complexity index is 483. The third-order valence-corrected chi connectivity index (χ3v) is 2.05. The van der Waals surface area contributed by atoms with E-state index in [0.717, 1.165) is 9.86 Å². The Morgan fingerprint density at radius 3 is 3.00 bits per heavy atom. The molecule has 3 nitrogen and oxygen atoms in total. The molecule has 5 heteroatoms. The van der Waals surface area contributed by atoms with E-state index in [4.69, 9.17) is 0 Å². The molecule has 1 radical (unpaired) electrons. The number of nitrogens with one attached hydrogen (secondary N) is 1. The summed E-state index contributed by atoms with van der Waals surface area (Å²) in [6.07, 6.45) is 2.69. The summed E-state index contributed by atoms with van der Waals surface area (Å²) in [4.78, 5) is 11.2. The van der Waals surface area contributed by atoms with Crippen molar-refractivity contribution in [2.24, 2.45) is 0 Å². The third kappa shape index (κ3) is 2.24. The summed E-state index contributed by atoms with van der Waals surface area (Å²) < 4.78 is 0.875. The molecule has 0 fully saturated rings. The van der Waals surface area contributed by atoms with E-state index in [2.05, 4.69) is 32.3 Å². The van der Waals surface area contributed by atoms with E-state index in [1.54, 1.807) is 12.1 Å². The number of fused-ring (bicyclic) bond motifs is 1. The summed E-state index contributed by atoms with van der Waals surface area (Å²) in [6.45, 7) is 0. The topological polar surface area (TPSA) is 45.8 Å². The van der Waals surface area contributed by atoms with Crippen LogP contribution in [0, 0.1) is 6.20 Å². The SMILES string of the molecule is O=c1[nH]n[c-]c2ccc(Br)cc12.[Y]. The van der Waals surface area contributed by atoms with Gasteiger partial charge in [-0.25, -0.2) is 0 Å². The van der Waals surface area contributed by atoms with Crippen LogP contribution in [0.4, 0.5) is 0 Å². The summed E-state index contributed by atoms with van der Waals surface area (Å²) in [5.74, 6) is 0. The van der Waals surface area contributed by atoms with E-state index in [1.165, 1.54) is 0 Å². The van der Waals surface area contributed by atoms with Gasteiger partial charge in [-0.3, -0.25) is 15.0 Å². The van der Waals surface area contributed by atoms with E-state index >= 15 is 0 Å². The zero-order chi connectivity index (χ0) is 8.55. The molecule has 1 aromatic heterocycles. The van der Waals surface area contributed by atoms with Crippen LogP contribution in [-0.4, -0.2) is 10.2 Å². The molecule has 1 heterocycles. The van der Waals surface area contributed by atoms with Gasteiger partial charge in [0.1, 0.15) is 0 Å². The van der Waals surface area contributed by atoms with Crippen molar-refractivity contribution in [2.45, 2.75) is 0 Å². The first-order valence-corrected chi connectivity index (χ1v) is 4.12. The van der Waals surface area contributed by atoms with Gasteiger partial charge in [-0.1, -0.05) is 27.4 Å². The van der Waals surface area contributed by atoms with E-state index in [-0.39, 0.29) is 38.3 Å². The summed E-state index contributed by atoms with van der Waals surface area (Å²) >= 11 is 3.28. The first kappa shape index (κ1) is 11.0. The minimum Gasteiger partial charge on any atom is -0.283 e. The number of hydrogen-bond donors (Lipinski definition) is 1. The van der Waals surface area contributed by atoms with Gasteiger partial charge in [0.15, 0.2) is 0 Å². The smallest absolute Gasteiger partial charge is 0.215 e. The van der Waals surface area contributed by atoms with Crippen LogP contribution in [0.1, 0.15) is 0 Å². The molecule has 13 heavy (non-hydrogen) atoms. The number of nitrogens with zero attached hydrogens (tertiary/aromatic N) is 1. The molecule has 0 spiro atoms. The minimum absolute atomic E-state index is 0. The van der Waals surface area contributed by atoms with Crippen LogP contribution < -0.4 is 5.56 Å². The molecule has 0 aliphatic rings. The van der Waals surface area contributed by atoms with Crippen LogP contribution in [0.5, 0.6) is 0 Å². The Hall–Kier alpha value is -0.0561. The Morgan fingerprint density at radius 1 is 1.46 bits per heavy atom. The second-order valence-electron chi connectivity index (χ2n) is 2.35. The van der Waals surface area contributed by atoms with Gasteiger partial charge in [0.2, 0.25) is 5.56 Å². The average molecular weight is 313 g/mol. The van der Waals surface area contributed by atoms with Gasteiger partial charge < -0.3 is 0 Å². The van der Waals surface area contributed by atoms with Gasteiger partial charge in [-0.05, 0) is 10.7 Å². The Balaban J connectivity index is 0.000000845. The molecule has 2 rings (SSSR count). The van der Waals surface area contributed by atoms with Crippen molar-refractivity contribution in [2.75, 3.05) is 0 Å². The molecule has 0 saturated heterocycles. The van der Waals surface area contributed by atoms with Gasteiger partial charge >= 0.3 is 0 Å². The van der Waals surface area contributed by atoms with Gasteiger partial charge in [0.25, 0.3) is 0 Å². The van der Waals surface area contributed by atoms with Crippen molar-refractivity contribution in [1.82, 2.24) is 10.2 Å². The molecule has 0 bridgehead atoms. The third-order valence-electron chi connectivity index (χ3n) is 1.56. The molecule has 0 saturated carbocycles. The van der Waals surface area contributed by atoms with Crippen molar-refractivity contribution in [3.63, 3.8) is 0 Å². The summed E-state index contributed by atoms with van der Waals surface area (Å²) in [6, 6.07) is 5.38. The number of H-pyrrole nitrogens is 1. The summed E-state index contributed by atoms with van der Waals surface area (Å²) in [5.41, 5.74) is -0.190. The number of halogens is 1. The molecule has 0 aliphatic heterocycles. The normalized spacial score (nSPS) is 9.62. The van der Waals surface area contributed by atoms with Gasteiger partial charge in [-0.15, -0.1) is 6.07 Å². The van der Waals surface area contributed by atoms with E-state index in [1.807, 2.05) is 6.07 Å². The molecule has 1 N–H and O–H groups in total. The first-order valence-electron chi connectivity index (χ1n) is 3.33. The fourth-order valence-corrected chi connectivity index (χ4v) is 1.36. The van der Waals surface area contributed by atoms with Crippen LogP contribution in [-0.2, 0) is 32.7 Å². The predicted octanol–water partition coefficient (Wildman–Crippen LogP) is 1.48. The molecule has 0 atom stereocenters. The number of aromatic nitrogens is 2. The van der Waals surface area contributed by atoms with Crippen molar-refractivity contribution in [3.8, 4) is 0 Å². The molecular formula is C8H4BrN2OY-. The van der Waals surface area contributed by atoms with Crippen molar-refractivity contribution < 1.29 is 32.7 Å². The van der Waals surface area contributed by atoms with Crippen molar-refractivity contribution in [1.29, 1.82) is 0 Å². The molecule has 63 valence electrons. The maximum atomic E-state index is 11.2. The van der Waals surface area contributed by atoms with E-state index in [9.17, 15) is 4.79 Å². The van der Waals surface area contributed by atoms with Crippen LogP contribution in [0.15, 0.2) is 27.5 Å². The number of aromatic amines is 1. The van der Waals surface area contributed by atoms with Crippen LogP contribution >= 0.6 is 15.9 Å².